The minimum absolute atomic E-state index is 0.202. The van der Waals surface area contributed by atoms with Crippen LogP contribution in [0.3, 0.4) is 0 Å². The summed E-state index contributed by atoms with van der Waals surface area (Å²) < 4.78 is 28.2. The maximum atomic E-state index is 12.0. The molecular formula is C13H20F2N2O. The Labute approximate surface area is 107 Å². The van der Waals surface area contributed by atoms with E-state index in [0.717, 1.165) is 18.4 Å². The van der Waals surface area contributed by atoms with Crippen LogP contribution in [0.5, 0.6) is 5.75 Å². The van der Waals surface area contributed by atoms with Crippen molar-refractivity contribution in [3.05, 3.63) is 29.8 Å². The molecule has 1 atom stereocenters. The Kier molecular flexibility index (Phi) is 6.01. The van der Waals surface area contributed by atoms with Gasteiger partial charge >= 0.3 is 6.61 Å². The number of alkyl halides is 2. The molecule has 0 radical (unpaired) electrons. The lowest BCUT2D eigenvalue weighted by Crippen LogP contribution is -2.38. The number of hydrogen-bond donors (Lipinski definition) is 1. The van der Waals surface area contributed by atoms with Crippen molar-refractivity contribution in [2.45, 2.75) is 32.4 Å². The van der Waals surface area contributed by atoms with Gasteiger partial charge in [-0.1, -0.05) is 12.1 Å². The Morgan fingerprint density at radius 2 is 1.83 bits per heavy atom. The van der Waals surface area contributed by atoms with Crippen molar-refractivity contribution in [3.63, 3.8) is 0 Å². The van der Waals surface area contributed by atoms with Crippen LogP contribution >= 0.6 is 0 Å². The van der Waals surface area contributed by atoms with Gasteiger partial charge < -0.3 is 4.74 Å². The number of hydrazine groups is 1. The molecule has 0 heterocycles. The van der Waals surface area contributed by atoms with Crippen LogP contribution in [0.4, 0.5) is 8.78 Å². The van der Waals surface area contributed by atoms with Gasteiger partial charge in [0.25, 0.3) is 0 Å². The molecule has 0 spiro atoms. The third-order valence-electron chi connectivity index (χ3n) is 2.49. The average Bonchev–Trinajstić information content (AvgIpc) is 2.26. The molecule has 0 saturated carbocycles. The van der Waals surface area contributed by atoms with E-state index in [2.05, 4.69) is 17.1 Å². The summed E-state index contributed by atoms with van der Waals surface area (Å²) in [5.41, 5.74) is 4.37. The number of ether oxygens (including phenoxy) is 1. The summed E-state index contributed by atoms with van der Waals surface area (Å²) >= 11 is 0. The fourth-order valence-electron chi connectivity index (χ4n) is 1.73. The molecular weight excluding hydrogens is 238 g/mol. The van der Waals surface area contributed by atoms with Crippen LogP contribution in [0.15, 0.2) is 24.3 Å². The zero-order valence-corrected chi connectivity index (χ0v) is 11.0. The van der Waals surface area contributed by atoms with E-state index in [-0.39, 0.29) is 5.75 Å². The summed E-state index contributed by atoms with van der Waals surface area (Å²) in [5, 5.41) is 1.92. The van der Waals surface area contributed by atoms with E-state index < -0.39 is 6.61 Å². The summed E-state index contributed by atoms with van der Waals surface area (Å²) in [7, 11) is 3.90. The predicted molar refractivity (Wildman–Crippen MR) is 67.7 cm³/mol. The van der Waals surface area contributed by atoms with Crippen molar-refractivity contribution in [2.75, 3.05) is 14.1 Å². The van der Waals surface area contributed by atoms with Crippen LogP contribution in [0.2, 0.25) is 0 Å². The fourth-order valence-corrected chi connectivity index (χ4v) is 1.73. The molecule has 0 amide bonds. The smallest absolute Gasteiger partial charge is 0.387 e. The number of nitrogens with zero attached hydrogens (tertiary/aromatic N) is 1. The summed E-state index contributed by atoms with van der Waals surface area (Å²) in [5.74, 6) is 0.202. The van der Waals surface area contributed by atoms with E-state index in [1.54, 1.807) is 12.1 Å². The van der Waals surface area contributed by atoms with Gasteiger partial charge in [-0.05, 0) is 37.5 Å². The van der Waals surface area contributed by atoms with Crippen LogP contribution in [0.25, 0.3) is 0 Å². The summed E-state index contributed by atoms with van der Waals surface area (Å²) in [6.45, 7) is -0.658. The largest absolute Gasteiger partial charge is 0.435 e. The first-order valence-corrected chi connectivity index (χ1v) is 5.94. The van der Waals surface area contributed by atoms with Crippen molar-refractivity contribution in [1.29, 1.82) is 0 Å². The van der Waals surface area contributed by atoms with Crippen molar-refractivity contribution in [2.24, 2.45) is 0 Å². The van der Waals surface area contributed by atoms with Gasteiger partial charge in [0, 0.05) is 20.1 Å². The van der Waals surface area contributed by atoms with Crippen LogP contribution < -0.4 is 10.2 Å². The lowest BCUT2D eigenvalue weighted by Gasteiger charge is -2.19. The molecule has 18 heavy (non-hydrogen) atoms. The topological polar surface area (TPSA) is 24.5 Å². The molecule has 0 aliphatic rings. The van der Waals surface area contributed by atoms with Gasteiger partial charge in [0.2, 0.25) is 0 Å². The molecule has 0 bridgehead atoms. The number of benzene rings is 1. The fraction of sp³-hybridized carbons (Fsp3) is 0.538. The normalized spacial score (nSPS) is 13.1. The van der Waals surface area contributed by atoms with Gasteiger partial charge in [-0.25, -0.2) is 0 Å². The van der Waals surface area contributed by atoms with Crippen molar-refractivity contribution >= 4 is 0 Å². The number of aryl methyl sites for hydroxylation is 1. The maximum Gasteiger partial charge on any atom is 0.387 e. The minimum atomic E-state index is -2.76. The molecule has 1 rings (SSSR count). The molecule has 1 unspecified atom stereocenters. The first-order chi connectivity index (χ1) is 8.47. The Balaban J connectivity index is 2.39. The summed E-state index contributed by atoms with van der Waals surface area (Å²) in [6.07, 6.45) is 1.88. The second-order valence-corrected chi connectivity index (χ2v) is 4.49. The molecule has 102 valence electrons. The van der Waals surface area contributed by atoms with Crippen molar-refractivity contribution in [1.82, 2.24) is 10.4 Å². The highest BCUT2D eigenvalue weighted by atomic mass is 19.3. The summed E-state index contributed by atoms with van der Waals surface area (Å²) in [6, 6.07) is 7.16. The van der Waals surface area contributed by atoms with E-state index in [1.165, 1.54) is 0 Å². The molecule has 1 N–H and O–H groups in total. The second-order valence-electron chi connectivity index (χ2n) is 4.49. The Morgan fingerprint density at radius 1 is 1.22 bits per heavy atom. The Morgan fingerprint density at radius 3 is 2.33 bits per heavy atom. The zero-order valence-electron chi connectivity index (χ0n) is 11.0. The Hall–Kier alpha value is -1.20. The molecule has 5 heteroatoms. The quantitative estimate of drug-likeness (QED) is 0.761. The van der Waals surface area contributed by atoms with E-state index in [4.69, 9.17) is 0 Å². The molecule has 1 aromatic carbocycles. The summed E-state index contributed by atoms with van der Waals surface area (Å²) in [4.78, 5) is 0. The molecule has 0 saturated heterocycles. The molecule has 3 nitrogen and oxygen atoms in total. The first kappa shape index (κ1) is 14.9. The van der Waals surface area contributed by atoms with Gasteiger partial charge in [-0.3, -0.25) is 10.4 Å². The number of rotatable bonds is 7. The van der Waals surface area contributed by atoms with Gasteiger partial charge in [0.1, 0.15) is 5.75 Å². The predicted octanol–water partition coefficient (Wildman–Crippen LogP) is 2.68. The molecule has 0 fully saturated rings. The Bertz CT molecular complexity index is 341. The number of halogens is 2. The highest BCUT2D eigenvalue weighted by Crippen LogP contribution is 2.16. The van der Waals surface area contributed by atoms with E-state index in [0.29, 0.717) is 6.04 Å². The highest BCUT2D eigenvalue weighted by molar-refractivity contribution is 5.27. The third-order valence-corrected chi connectivity index (χ3v) is 2.49. The molecule has 0 aliphatic carbocycles. The van der Waals surface area contributed by atoms with Crippen LogP contribution in [0, 0.1) is 0 Å². The average molecular weight is 258 g/mol. The van der Waals surface area contributed by atoms with E-state index in [1.807, 2.05) is 31.2 Å². The van der Waals surface area contributed by atoms with E-state index in [9.17, 15) is 8.78 Å². The maximum absolute atomic E-state index is 12.0. The van der Waals surface area contributed by atoms with E-state index >= 15 is 0 Å². The molecule has 1 aromatic rings. The van der Waals surface area contributed by atoms with Crippen LogP contribution in [0.1, 0.15) is 18.9 Å². The van der Waals surface area contributed by atoms with Crippen molar-refractivity contribution < 1.29 is 13.5 Å². The minimum Gasteiger partial charge on any atom is -0.435 e. The molecule has 0 aliphatic heterocycles. The van der Waals surface area contributed by atoms with Crippen molar-refractivity contribution in [3.8, 4) is 5.75 Å². The van der Waals surface area contributed by atoms with Gasteiger partial charge in [-0.15, -0.1) is 0 Å². The number of hydrogen-bond acceptors (Lipinski definition) is 3. The second kappa shape index (κ2) is 7.28. The zero-order chi connectivity index (χ0) is 13.5. The van der Waals surface area contributed by atoms with Gasteiger partial charge in [0.15, 0.2) is 0 Å². The monoisotopic (exact) mass is 258 g/mol. The van der Waals surface area contributed by atoms with Crippen LogP contribution in [-0.4, -0.2) is 31.8 Å². The first-order valence-electron chi connectivity index (χ1n) is 5.94. The highest BCUT2D eigenvalue weighted by Gasteiger charge is 2.05. The lowest BCUT2D eigenvalue weighted by molar-refractivity contribution is -0.0498. The van der Waals surface area contributed by atoms with Gasteiger partial charge in [-0.2, -0.15) is 8.78 Å². The molecule has 0 aromatic heterocycles. The SMILES string of the molecule is CC(CCc1ccc(OC(F)F)cc1)NN(C)C. The van der Waals surface area contributed by atoms with Gasteiger partial charge in [0.05, 0.1) is 0 Å². The standard InChI is InChI=1S/C13H20F2N2O/c1-10(16-17(2)3)4-5-11-6-8-12(9-7-11)18-13(14)15/h6-10,13,16H,4-5H2,1-3H3. The van der Waals surface area contributed by atoms with Crippen LogP contribution in [-0.2, 0) is 6.42 Å². The third kappa shape index (κ3) is 5.93. The lowest BCUT2D eigenvalue weighted by atomic mass is 10.1. The number of nitrogens with one attached hydrogen (secondary N) is 1.